The number of hydrogen-bond donors (Lipinski definition) is 2. The minimum Gasteiger partial charge on any atom is -0.481 e. The first-order valence-electron chi connectivity index (χ1n) is 5.62. The molecule has 5 heteroatoms. The van der Waals surface area contributed by atoms with E-state index in [0.29, 0.717) is 13.0 Å². The topological polar surface area (TPSA) is 75.6 Å². The Morgan fingerprint density at radius 1 is 1.31 bits per heavy atom. The lowest BCUT2D eigenvalue weighted by Crippen LogP contribution is -2.36. The predicted molar refractivity (Wildman–Crippen MR) is 60.3 cm³/mol. The molecule has 0 aromatic heterocycles. The Kier molecular flexibility index (Phi) is 6.53. The van der Waals surface area contributed by atoms with Crippen molar-refractivity contribution in [1.82, 2.24) is 5.32 Å². The van der Waals surface area contributed by atoms with Crippen molar-refractivity contribution in [2.24, 2.45) is 0 Å². The van der Waals surface area contributed by atoms with Crippen LogP contribution in [0, 0.1) is 0 Å². The maximum atomic E-state index is 11.3. The predicted octanol–water partition coefficient (Wildman–Crippen LogP) is 2.16. The molecule has 0 bridgehead atoms. The quantitative estimate of drug-likeness (QED) is 0.658. The van der Waals surface area contributed by atoms with E-state index in [4.69, 9.17) is 9.84 Å². The third-order valence-corrected chi connectivity index (χ3v) is 2.67. The van der Waals surface area contributed by atoms with E-state index >= 15 is 0 Å². The van der Waals surface area contributed by atoms with Gasteiger partial charge in [0.2, 0.25) is 0 Å². The summed E-state index contributed by atoms with van der Waals surface area (Å²) in [6.45, 7) is 6.13. The Morgan fingerprint density at radius 2 is 1.88 bits per heavy atom. The van der Waals surface area contributed by atoms with Crippen molar-refractivity contribution in [1.29, 1.82) is 0 Å². The average Bonchev–Trinajstić information content (AvgIpc) is 2.24. The first kappa shape index (κ1) is 14.7. The molecule has 0 saturated heterocycles. The number of carboxylic acids is 1. The van der Waals surface area contributed by atoms with E-state index in [1.165, 1.54) is 0 Å². The SMILES string of the molecule is CCC(C)(CC)OC(=O)NCCCC(=O)O. The van der Waals surface area contributed by atoms with Gasteiger partial charge in [-0.15, -0.1) is 0 Å². The van der Waals surface area contributed by atoms with Crippen LogP contribution in [-0.2, 0) is 9.53 Å². The number of hydrogen-bond acceptors (Lipinski definition) is 3. The van der Waals surface area contributed by atoms with Crippen LogP contribution in [0.2, 0.25) is 0 Å². The molecule has 0 aromatic rings. The zero-order valence-electron chi connectivity index (χ0n) is 10.2. The first-order chi connectivity index (χ1) is 7.43. The van der Waals surface area contributed by atoms with Gasteiger partial charge in [0.15, 0.2) is 0 Å². The normalized spacial score (nSPS) is 10.9. The molecule has 0 unspecified atom stereocenters. The van der Waals surface area contributed by atoms with Crippen molar-refractivity contribution in [3.8, 4) is 0 Å². The van der Waals surface area contributed by atoms with E-state index in [2.05, 4.69) is 5.32 Å². The van der Waals surface area contributed by atoms with Gasteiger partial charge in [-0.3, -0.25) is 4.79 Å². The summed E-state index contributed by atoms with van der Waals surface area (Å²) in [6, 6.07) is 0. The number of carboxylic acid groups (broad SMARTS) is 1. The summed E-state index contributed by atoms with van der Waals surface area (Å²) in [5.74, 6) is -0.859. The van der Waals surface area contributed by atoms with E-state index in [1.54, 1.807) is 0 Å². The largest absolute Gasteiger partial charge is 0.481 e. The summed E-state index contributed by atoms with van der Waals surface area (Å²) < 4.78 is 5.25. The molecule has 0 saturated carbocycles. The maximum Gasteiger partial charge on any atom is 0.407 e. The van der Waals surface area contributed by atoms with Crippen LogP contribution in [-0.4, -0.2) is 29.3 Å². The molecule has 0 spiro atoms. The monoisotopic (exact) mass is 231 g/mol. The summed E-state index contributed by atoms with van der Waals surface area (Å²) in [5.41, 5.74) is -0.434. The highest BCUT2D eigenvalue weighted by Gasteiger charge is 2.24. The average molecular weight is 231 g/mol. The lowest BCUT2D eigenvalue weighted by Gasteiger charge is -2.26. The first-order valence-corrected chi connectivity index (χ1v) is 5.62. The maximum absolute atomic E-state index is 11.3. The third-order valence-electron chi connectivity index (χ3n) is 2.67. The highest BCUT2D eigenvalue weighted by Crippen LogP contribution is 2.19. The van der Waals surface area contributed by atoms with E-state index in [0.717, 1.165) is 12.8 Å². The van der Waals surface area contributed by atoms with E-state index < -0.39 is 17.7 Å². The smallest absolute Gasteiger partial charge is 0.407 e. The van der Waals surface area contributed by atoms with Gasteiger partial charge in [-0.2, -0.15) is 0 Å². The highest BCUT2D eigenvalue weighted by atomic mass is 16.6. The van der Waals surface area contributed by atoms with Crippen molar-refractivity contribution in [3.05, 3.63) is 0 Å². The third kappa shape index (κ3) is 6.27. The fourth-order valence-corrected chi connectivity index (χ4v) is 1.08. The molecule has 2 N–H and O–H groups in total. The standard InChI is InChI=1S/C11H21NO4/c1-4-11(3,5-2)16-10(15)12-8-6-7-9(13)14/h4-8H2,1-3H3,(H,12,15)(H,13,14). The highest BCUT2D eigenvalue weighted by molar-refractivity contribution is 5.68. The van der Waals surface area contributed by atoms with Crippen LogP contribution in [0.3, 0.4) is 0 Å². The molecule has 0 atom stereocenters. The number of carbonyl (C=O) groups excluding carboxylic acids is 1. The zero-order valence-corrected chi connectivity index (χ0v) is 10.2. The molecular weight excluding hydrogens is 210 g/mol. The number of amides is 1. The van der Waals surface area contributed by atoms with Crippen molar-refractivity contribution >= 4 is 12.1 Å². The van der Waals surface area contributed by atoms with Crippen molar-refractivity contribution < 1.29 is 19.4 Å². The molecule has 16 heavy (non-hydrogen) atoms. The van der Waals surface area contributed by atoms with Gasteiger partial charge in [0, 0.05) is 13.0 Å². The van der Waals surface area contributed by atoms with E-state index in [9.17, 15) is 9.59 Å². The molecule has 0 aromatic carbocycles. The summed E-state index contributed by atoms with van der Waals surface area (Å²) in [6.07, 6.45) is 1.51. The van der Waals surface area contributed by atoms with Gasteiger partial charge in [-0.1, -0.05) is 13.8 Å². The molecule has 0 radical (unpaired) electrons. The lowest BCUT2D eigenvalue weighted by molar-refractivity contribution is -0.137. The molecule has 0 aliphatic carbocycles. The van der Waals surface area contributed by atoms with Crippen LogP contribution in [0.5, 0.6) is 0 Å². The van der Waals surface area contributed by atoms with E-state index in [1.807, 2.05) is 20.8 Å². The van der Waals surface area contributed by atoms with Crippen LogP contribution in [0.25, 0.3) is 0 Å². The second kappa shape index (κ2) is 7.09. The summed E-state index contributed by atoms with van der Waals surface area (Å²) in [5, 5.41) is 10.9. The van der Waals surface area contributed by atoms with Crippen LogP contribution < -0.4 is 5.32 Å². The number of alkyl carbamates (subject to hydrolysis) is 1. The number of carbonyl (C=O) groups is 2. The fraction of sp³-hybridized carbons (Fsp3) is 0.818. The second-order valence-corrected chi connectivity index (χ2v) is 3.97. The van der Waals surface area contributed by atoms with Crippen LogP contribution in [0.15, 0.2) is 0 Å². The van der Waals surface area contributed by atoms with Crippen LogP contribution >= 0.6 is 0 Å². The number of nitrogens with one attached hydrogen (secondary N) is 1. The van der Waals surface area contributed by atoms with Crippen LogP contribution in [0.4, 0.5) is 4.79 Å². The zero-order chi connectivity index (χ0) is 12.6. The number of rotatable bonds is 7. The number of ether oxygens (including phenoxy) is 1. The number of aliphatic carboxylic acids is 1. The molecule has 0 rings (SSSR count). The van der Waals surface area contributed by atoms with Crippen LogP contribution in [0.1, 0.15) is 46.5 Å². The second-order valence-electron chi connectivity index (χ2n) is 3.97. The summed E-state index contributed by atoms with van der Waals surface area (Å²) in [7, 11) is 0. The van der Waals surface area contributed by atoms with Gasteiger partial charge in [0.1, 0.15) is 5.60 Å². The Morgan fingerprint density at radius 3 is 2.31 bits per heavy atom. The fourth-order valence-electron chi connectivity index (χ4n) is 1.08. The van der Waals surface area contributed by atoms with Crippen molar-refractivity contribution in [2.45, 2.75) is 52.1 Å². The lowest BCUT2D eigenvalue weighted by atomic mass is 10.0. The Balaban J connectivity index is 3.77. The molecule has 0 fully saturated rings. The Bertz CT molecular complexity index is 236. The van der Waals surface area contributed by atoms with Gasteiger partial charge in [0.05, 0.1) is 0 Å². The summed E-state index contributed by atoms with van der Waals surface area (Å²) in [4.78, 5) is 21.6. The molecule has 94 valence electrons. The minimum atomic E-state index is -0.859. The van der Waals surface area contributed by atoms with Gasteiger partial charge < -0.3 is 15.2 Å². The Hall–Kier alpha value is -1.26. The molecular formula is C11H21NO4. The van der Waals surface area contributed by atoms with Gasteiger partial charge in [0.25, 0.3) is 0 Å². The van der Waals surface area contributed by atoms with Crippen molar-refractivity contribution in [2.75, 3.05) is 6.54 Å². The van der Waals surface area contributed by atoms with E-state index in [-0.39, 0.29) is 6.42 Å². The molecule has 0 aliphatic rings. The molecule has 0 aliphatic heterocycles. The van der Waals surface area contributed by atoms with Gasteiger partial charge in [-0.25, -0.2) is 4.79 Å². The Labute approximate surface area is 96.2 Å². The van der Waals surface area contributed by atoms with Crippen molar-refractivity contribution in [3.63, 3.8) is 0 Å². The molecule has 0 heterocycles. The summed E-state index contributed by atoms with van der Waals surface area (Å²) >= 11 is 0. The molecule has 5 nitrogen and oxygen atoms in total. The van der Waals surface area contributed by atoms with Gasteiger partial charge in [-0.05, 0) is 26.2 Å². The minimum absolute atomic E-state index is 0.0547. The molecule has 1 amide bonds. The van der Waals surface area contributed by atoms with Gasteiger partial charge >= 0.3 is 12.1 Å².